The van der Waals surface area contributed by atoms with Crippen LogP contribution in [0.3, 0.4) is 0 Å². The molecule has 0 saturated carbocycles. The lowest BCUT2D eigenvalue weighted by molar-refractivity contribution is -0.140. The molecule has 3 aromatic carbocycles. The van der Waals surface area contributed by atoms with E-state index in [1.54, 1.807) is 17.6 Å². The number of para-hydroxylation sites is 2. The van der Waals surface area contributed by atoms with Crippen LogP contribution in [0, 0.1) is 0 Å². The van der Waals surface area contributed by atoms with E-state index in [4.69, 9.17) is 42.4 Å². The number of fused-ring (bicyclic) bond motifs is 2. The van der Waals surface area contributed by atoms with Crippen LogP contribution in [-0.4, -0.2) is 41.5 Å². The van der Waals surface area contributed by atoms with E-state index in [2.05, 4.69) is 4.57 Å². The van der Waals surface area contributed by atoms with E-state index in [-0.39, 0.29) is 30.5 Å². The Morgan fingerprint density at radius 2 is 1.81 bits per heavy atom. The molecule has 1 aliphatic heterocycles. The number of nitrogens with zero attached hydrogens (tertiary/aromatic N) is 3. The Balaban J connectivity index is 1.50. The van der Waals surface area contributed by atoms with Crippen LogP contribution < -0.4 is 19.6 Å². The van der Waals surface area contributed by atoms with E-state index < -0.39 is 12.0 Å². The number of rotatable bonds is 10. The van der Waals surface area contributed by atoms with Crippen molar-refractivity contribution in [1.82, 2.24) is 9.13 Å². The Labute approximate surface area is 285 Å². The van der Waals surface area contributed by atoms with Gasteiger partial charge in [-0.05, 0) is 56.7 Å². The zero-order valence-corrected chi connectivity index (χ0v) is 28.7. The van der Waals surface area contributed by atoms with Gasteiger partial charge in [-0.25, -0.2) is 9.79 Å². The molecule has 0 unspecified atom stereocenters. The van der Waals surface area contributed by atoms with Crippen LogP contribution >= 0.6 is 34.5 Å². The Kier molecular flexibility index (Phi) is 9.70. The summed E-state index contributed by atoms with van der Waals surface area (Å²) in [6.07, 6.45) is 3.79. The van der Waals surface area contributed by atoms with Crippen LogP contribution in [-0.2, 0) is 20.8 Å². The maximum Gasteiger partial charge on any atom is 0.338 e. The number of carbonyl (C=O) groups excluding carboxylic acids is 1. The number of esters is 1. The molecular formula is C36H33Cl2N3O5S. The van der Waals surface area contributed by atoms with Gasteiger partial charge in [-0.2, -0.15) is 0 Å². The van der Waals surface area contributed by atoms with Gasteiger partial charge >= 0.3 is 5.97 Å². The largest absolute Gasteiger partial charge is 0.491 e. The number of aromatic nitrogens is 2. The second kappa shape index (κ2) is 13.9. The maximum atomic E-state index is 14.4. The zero-order valence-electron chi connectivity index (χ0n) is 26.3. The molecule has 11 heteroatoms. The summed E-state index contributed by atoms with van der Waals surface area (Å²) in [5, 5.41) is 1.99. The van der Waals surface area contributed by atoms with Crippen molar-refractivity contribution in [1.29, 1.82) is 0 Å². The van der Waals surface area contributed by atoms with Crippen LogP contribution in [0.4, 0.5) is 0 Å². The number of thiazole rings is 1. The summed E-state index contributed by atoms with van der Waals surface area (Å²) in [6.45, 7) is 6.50. The first-order chi connectivity index (χ1) is 22.7. The predicted molar refractivity (Wildman–Crippen MR) is 186 cm³/mol. The fourth-order valence-corrected chi connectivity index (χ4v) is 7.10. The predicted octanol–water partition coefficient (Wildman–Crippen LogP) is 6.52. The van der Waals surface area contributed by atoms with Gasteiger partial charge in [-0.1, -0.05) is 77.0 Å². The van der Waals surface area contributed by atoms with Crippen LogP contribution in [0.2, 0.25) is 10.0 Å². The molecule has 0 saturated heterocycles. The van der Waals surface area contributed by atoms with E-state index >= 15 is 0 Å². The lowest BCUT2D eigenvalue weighted by Gasteiger charge is -2.27. The number of allylic oxidation sites excluding steroid dienone is 1. The van der Waals surface area contributed by atoms with Gasteiger partial charge < -0.3 is 18.8 Å². The number of halogens is 2. The monoisotopic (exact) mass is 689 g/mol. The summed E-state index contributed by atoms with van der Waals surface area (Å²) in [5.41, 5.74) is 4.02. The summed E-state index contributed by atoms with van der Waals surface area (Å²) >= 11 is 13.7. The molecule has 0 fully saturated rings. The summed E-state index contributed by atoms with van der Waals surface area (Å²) in [7, 11) is 1.54. The molecule has 0 bridgehead atoms. The minimum Gasteiger partial charge on any atom is -0.491 e. The van der Waals surface area contributed by atoms with Crippen LogP contribution in [0.1, 0.15) is 43.5 Å². The molecule has 6 rings (SSSR count). The van der Waals surface area contributed by atoms with E-state index in [0.29, 0.717) is 42.9 Å². The molecule has 47 heavy (non-hydrogen) atoms. The van der Waals surface area contributed by atoms with E-state index in [0.717, 1.165) is 22.0 Å². The first-order valence-electron chi connectivity index (χ1n) is 15.1. The van der Waals surface area contributed by atoms with Gasteiger partial charge in [-0.3, -0.25) is 9.36 Å². The van der Waals surface area contributed by atoms with Crippen molar-refractivity contribution < 1.29 is 19.0 Å². The molecule has 1 atom stereocenters. The average molecular weight is 691 g/mol. The standard InChI is InChI=1S/C36H33Cl2N3O5S/c1-21(2)46-30-12-8-6-10-26(30)33-32(35(43)45-16-15-44-4)22(3)39-36-41(33)34(42)31(47-36)18-24-20-40(29-11-7-5-9-25(24)29)19-23-13-14-27(37)28(38)17-23/h5-14,17-18,20-21,33H,15-16,19H2,1-4H3/b31-18+/t33-/m0/s1. The van der Waals surface area contributed by atoms with Gasteiger partial charge in [0.25, 0.3) is 5.56 Å². The van der Waals surface area contributed by atoms with Gasteiger partial charge in [0, 0.05) is 41.9 Å². The highest BCUT2D eigenvalue weighted by atomic mass is 35.5. The van der Waals surface area contributed by atoms with Crippen molar-refractivity contribution in [2.24, 2.45) is 4.99 Å². The molecule has 5 aromatic rings. The number of hydrogen-bond acceptors (Lipinski definition) is 7. The van der Waals surface area contributed by atoms with Gasteiger partial charge in [0.2, 0.25) is 0 Å². The van der Waals surface area contributed by atoms with Gasteiger partial charge in [0.1, 0.15) is 18.4 Å². The molecule has 0 N–H and O–H groups in total. The van der Waals surface area contributed by atoms with Crippen molar-refractivity contribution in [2.75, 3.05) is 20.3 Å². The van der Waals surface area contributed by atoms with E-state index in [9.17, 15) is 9.59 Å². The fraction of sp³-hybridized carbons (Fsp3) is 0.250. The van der Waals surface area contributed by atoms with Crippen molar-refractivity contribution in [2.45, 2.75) is 39.5 Å². The molecule has 8 nitrogen and oxygen atoms in total. The zero-order chi connectivity index (χ0) is 33.2. The smallest absolute Gasteiger partial charge is 0.338 e. The number of carbonyl (C=O) groups is 1. The fourth-order valence-electron chi connectivity index (χ4n) is 5.74. The molecule has 242 valence electrons. The Hall–Kier alpha value is -4.15. The third-order valence-corrected chi connectivity index (χ3v) is 9.50. The second-order valence-corrected chi connectivity index (χ2v) is 13.2. The van der Waals surface area contributed by atoms with Crippen molar-refractivity contribution in [3.63, 3.8) is 0 Å². The molecule has 0 spiro atoms. The van der Waals surface area contributed by atoms with E-state index in [1.807, 2.05) is 86.8 Å². The minimum absolute atomic E-state index is 0.0691. The number of methoxy groups -OCH3 is 1. The Morgan fingerprint density at radius 1 is 1.04 bits per heavy atom. The molecule has 0 radical (unpaired) electrons. The normalized spacial score (nSPS) is 14.9. The summed E-state index contributed by atoms with van der Waals surface area (Å²) in [5.74, 6) is 0.0108. The number of benzene rings is 3. The molecule has 1 aliphatic rings. The average Bonchev–Trinajstić information content (AvgIpc) is 3.54. The van der Waals surface area contributed by atoms with Crippen molar-refractivity contribution in [3.05, 3.63) is 131 Å². The Bertz CT molecular complexity index is 2200. The Morgan fingerprint density at radius 3 is 2.57 bits per heavy atom. The van der Waals surface area contributed by atoms with Crippen LogP contribution in [0.5, 0.6) is 5.75 Å². The van der Waals surface area contributed by atoms with Crippen LogP contribution in [0.15, 0.2) is 94.0 Å². The lowest BCUT2D eigenvalue weighted by Crippen LogP contribution is -2.40. The second-order valence-electron chi connectivity index (χ2n) is 11.4. The molecule has 2 aromatic heterocycles. The first-order valence-corrected chi connectivity index (χ1v) is 16.7. The quantitative estimate of drug-likeness (QED) is 0.123. The van der Waals surface area contributed by atoms with Gasteiger partial charge in [0.15, 0.2) is 4.80 Å². The molecule has 0 aliphatic carbocycles. The van der Waals surface area contributed by atoms with Gasteiger partial charge in [-0.15, -0.1) is 0 Å². The van der Waals surface area contributed by atoms with Crippen molar-refractivity contribution in [3.8, 4) is 5.75 Å². The highest BCUT2D eigenvalue weighted by molar-refractivity contribution is 7.07. The summed E-state index contributed by atoms with van der Waals surface area (Å²) < 4.78 is 21.0. The minimum atomic E-state index is -0.811. The third-order valence-electron chi connectivity index (χ3n) is 7.78. The maximum absolute atomic E-state index is 14.4. The van der Waals surface area contributed by atoms with Gasteiger partial charge in [0.05, 0.1) is 38.6 Å². The lowest BCUT2D eigenvalue weighted by atomic mass is 9.95. The highest BCUT2D eigenvalue weighted by Gasteiger charge is 2.35. The molecule has 3 heterocycles. The molecule has 0 amide bonds. The third kappa shape index (κ3) is 6.67. The number of hydrogen-bond donors (Lipinski definition) is 0. The topological polar surface area (TPSA) is 84.0 Å². The van der Waals surface area contributed by atoms with Crippen molar-refractivity contribution >= 4 is 57.5 Å². The number of ether oxygens (including phenoxy) is 3. The highest BCUT2D eigenvalue weighted by Crippen LogP contribution is 2.36. The van der Waals surface area contributed by atoms with Crippen LogP contribution in [0.25, 0.3) is 17.0 Å². The SMILES string of the molecule is COCCOC(=O)C1=C(C)N=c2s/c(=C/c3cn(Cc4ccc(Cl)c(Cl)c4)c4ccccc34)c(=O)n2[C@H]1c1ccccc1OC(C)C. The molecular weight excluding hydrogens is 657 g/mol. The summed E-state index contributed by atoms with van der Waals surface area (Å²) in [6, 6.07) is 20.3. The first kappa shape index (κ1) is 32.8. The summed E-state index contributed by atoms with van der Waals surface area (Å²) in [4.78, 5) is 33.2. The van der Waals surface area contributed by atoms with E-state index in [1.165, 1.54) is 18.4 Å².